The number of primary amides is 1. The summed E-state index contributed by atoms with van der Waals surface area (Å²) < 4.78 is 7.13. The maximum absolute atomic E-state index is 11.3. The standard InChI is InChI=1S/C12H19N5O2S/c1-2-17-7-9(10(16-17)11(13)18)15-12(20)14-6-8-4-3-5-19-8/h7-8H,2-6H2,1H3,(H2,13,18)(H2,14,15,20)/t8-/m1/s1. The van der Waals surface area contributed by atoms with E-state index < -0.39 is 5.91 Å². The molecule has 8 heteroatoms. The van der Waals surface area contributed by atoms with Gasteiger partial charge in [0, 0.05) is 25.9 Å². The lowest BCUT2D eigenvalue weighted by Crippen LogP contribution is -2.35. The molecule has 1 aromatic heterocycles. The summed E-state index contributed by atoms with van der Waals surface area (Å²) in [7, 11) is 0. The third-order valence-corrected chi connectivity index (χ3v) is 3.33. The van der Waals surface area contributed by atoms with E-state index in [1.54, 1.807) is 10.9 Å². The van der Waals surface area contributed by atoms with Crippen molar-refractivity contribution in [2.45, 2.75) is 32.4 Å². The fraction of sp³-hybridized carbons (Fsp3) is 0.583. The van der Waals surface area contributed by atoms with Gasteiger partial charge < -0.3 is 21.1 Å². The van der Waals surface area contributed by atoms with E-state index in [9.17, 15) is 4.79 Å². The van der Waals surface area contributed by atoms with Crippen LogP contribution in [0.1, 0.15) is 30.3 Å². The molecule has 1 fully saturated rings. The zero-order valence-electron chi connectivity index (χ0n) is 11.4. The van der Waals surface area contributed by atoms with Crippen LogP contribution in [0.4, 0.5) is 5.69 Å². The van der Waals surface area contributed by atoms with Crippen molar-refractivity contribution in [2.24, 2.45) is 5.73 Å². The molecule has 1 saturated heterocycles. The van der Waals surface area contributed by atoms with E-state index >= 15 is 0 Å². The first-order chi connectivity index (χ1) is 9.60. The zero-order chi connectivity index (χ0) is 14.5. The third kappa shape index (κ3) is 3.67. The Morgan fingerprint density at radius 2 is 2.50 bits per heavy atom. The van der Waals surface area contributed by atoms with E-state index in [2.05, 4.69) is 15.7 Å². The van der Waals surface area contributed by atoms with Crippen LogP contribution in [-0.2, 0) is 11.3 Å². The van der Waals surface area contributed by atoms with Crippen molar-refractivity contribution < 1.29 is 9.53 Å². The van der Waals surface area contributed by atoms with Crippen LogP contribution in [0.5, 0.6) is 0 Å². The van der Waals surface area contributed by atoms with Crippen LogP contribution in [0.2, 0.25) is 0 Å². The summed E-state index contributed by atoms with van der Waals surface area (Å²) in [5.41, 5.74) is 6.00. The van der Waals surface area contributed by atoms with E-state index in [0.717, 1.165) is 19.4 Å². The number of carbonyl (C=O) groups is 1. The highest BCUT2D eigenvalue weighted by molar-refractivity contribution is 7.80. The largest absolute Gasteiger partial charge is 0.376 e. The smallest absolute Gasteiger partial charge is 0.271 e. The fourth-order valence-corrected chi connectivity index (χ4v) is 2.23. The van der Waals surface area contributed by atoms with Crippen LogP contribution in [0.15, 0.2) is 6.20 Å². The lowest BCUT2D eigenvalue weighted by atomic mass is 10.2. The Bertz CT molecular complexity index is 496. The number of nitrogens with one attached hydrogen (secondary N) is 2. The molecule has 1 atom stereocenters. The number of nitrogens with two attached hydrogens (primary N) is 1. The highest BCUT2D eigenvalue weighted by atomic mass is 32.1. The molecule has 0 radical (unpaired) electrons. The molecule has 0 aromatic carbocycles. The minimum absolute atomic E-state index is 0.188. The summed E-state index contributed by atoms with van der Waals surface area (Å²) in [4.78, 5) is 11.3. The fourth-order valence-electron chi connectivity index (χ4n) is 2.04. The lowest BCUT2D eigenvalue weighted by molar-refractivity contribution is 0.0995. The Balaban J connectivity index is 1.92. The van der Waals surface area contributed by atoms with E-state index in [1.807, 2.05) is 6.92 Å². The second-order valence-corrected chi connectivity index (χ2v) is 4.99. The van der Waals surface area contributed by atoms with E-state index in [-0.39, 0.29) is 11.8 Å². The normalized spacial score (nSPS) is 17.9. The molecule has 0 spiro atoms. The molecule has 1 amide bonds. The Morgan fingerprint density at radius 3 is 3.10 bits per heavy atom. The van der Waals surface area contributed by atoms with Crippen LogP contribution in [0.25, 0.3) is 0 Å². The van der Waals surface area contributed by atoms with Crippen molar-refractivity contribution in [3.05, 3.63) is 11.9 Å². The number of carbonyl (C=O) groups excluding carboxylic acids is 1. The van der Waals surface area contributed by atoms with Gasteiger partial charge in [0.15, 0.2) is 10.8 Å². The molecule has 0 saturated carbocycles. The number of aryl methyl sites for hydroxylation is 1. The van der Waals surface area contributed by atoms with Gasteiger partial charge in [-0.15, -0.1) is 0 Å². The van der Waals surface area contributed by atoms with Gasteiger partial charge in [0.1, 0.15) is 0 Å². The molecule has 2 rings (SSSR count). The second-order valence-electron chi connectivity index (χ2n) is 4.58. The molecule has 7 nitrogen and oxygen atoms in total. The Hall–Kier alpha value is -1.67. The average molecular weight is 297 g/mol. The molecule has 20 heavy (non-hydrogen) atoms. The number of aromatic nitrogens is 2. The van der Waals surface area contributed by atoms with Crippen molar-refractivity contribution in [1.29, 1.82) is 0 Å². The van der Waals surface area contributed by atoms with E-state index in [0.29, 0.717) is 23.9 Å². The maximum atomic E-state index is 11.3. The van der Waals surface area contributed by atoms with E-state index in [4.69, 9.17) is 22.7 Å². The Morgan fingerprint density at radius 1 is 1.70 bits per heavy atom. The molecule has 1 aromatic rings. The van der Waals surface area contributed by atoms with Gasteiger partial charge in [-0.2, -0.15) is 5.10 Å². The topological polar surface area (TPSA) is 94.2 Å². The first-order valence-electron chi connectivity index (χ1n) is 6.64. The molecular formula is C12H19N5O2S. The van der Waals surface area contributed by atoms with Gasteiger partial charge in [0.25, 0.3) is 5.91 Å². The van der Waals surface area contributed by atoms with Crippen molar-refractivity contribution in [3.63, 3.8) is 0 Å². The van der Waals surface area contributed by atoms with Gasteiger partial charge in [-0.25, -0.2) is 0 Å². The first kappa shape index (κ1) is 14.7. The minimum Gasteiger partial charge on any atom is -0.376 e. The van der Waals surface area contributed by atoms with Crippen molar-refractivity contribution in [2.75, 3.05) is 18.5 Å². The average Bonchev–Trinajstić information content (AvgIpc) is 3.05. The molecule has 0 bridgehead atoms. The first-order valence-corrected chi connectivity index (χ1v) is 7.04. The Kier molecular flexibility index (Phi) is 4.91. The van der Waals surface area contributed by atoms with Crippen LogP contribution in [0.3, 0.4) is 0 Å². The van der Waals surface area contributed by atoms with Crippen LogP contribution in [-0.4, -0.2) is 40.1 Å². The zero-order valence-corrected chi connectivity index (χ0v) is 12.2. The monoisotopic (exact) mass is 297 g/mol. The number of hydrogen-bond acceptors (Lipinski definition) is 4. The van der Waals surface area contributed by atoms with Gasteiger partial charge in [0.2, 0.25) is 0 Å². The quantitative estimate of drug-likeness (QED) is 0.684. The van der Waals surface area contributed by atoms with Gasteiger partial charge in [-0.3, -0.25) is 9.48 Å². The van der Waals surface area contributed by atoms with Gasteiger partial charge in [0.05, 0.1) is 11.8 Å². The summed E-state index contributed by atoms with van der Waals surface area (Å²) in [5, 5.41) is 10.5. The molecule has 4 N–H and O–H groups in total. The second kappa shape index (κ2) is 6.67. The molecule has 1 aliphatic heterocycles. The van der Waals surface area contributed by atoms with E-state index in [1.165, 1.54) is 0 Å². The molecule has 1 aliphatic rings. The predicted molar refractivity (Wildman–Crippen MR) is 79.6 cm³/mol. The highest BCUT2D eigenvalue weighted by Crippen LogP contribution is 2.14. The Labute approximate surface area is 122 Å². The summed E-state index contributed by atoms with van der Waals surface area (Å²) in [5.74, 6) is -0.582. The van der Waals surface area contributed by atoms with Crippen LogP contribution < -0.4 is 16.4 Å². The summed E-state index contributed by atoms with van der Waals surface area (Å²) in [6, 6.07) is 0. The lowest BCUT2D eigenvalue weighted by Gasteiger charge is -2.13. The predicted octanol–water partition coefficient (Wildman–Crippen LogP) is 0.467. The SMILES string of the molecule is CCn1cc(NC(=S)NC[C@H]2CCCO2)c(C(N)=O)n1. The maximum Gasteiger partial charge on any atom is 0.271 e. The third-order valence-electron chi connectivity index (χ3n) is 3.08. The highest BCUT2D eigenvalue weighted by Gasteiger charge is 2.17. The summed E-state index contributed by atoms with van der Waals surface area (Å²) in [6.07, 6.45) is 4.03. The molecule has 0 unspecified atom stereocenters. The van der Waals surface area contributed by atoms with Crippen molar-refractivity contribution in [3.8, 4) is 0 Å². The number of nitrogens with zero attached hydrogens (tertiary/aromatic N) is 2. The number of ether oxygens (including phenoxy) is 1. The number of hydrogen-bond donors (Lipinski definition) is 3. The van der Waals surface area contributed by atoms with Gasteiger partial charge in [-0.05, 0) is 32.0 Å². The molecule has 2 heterocycles. The van der Waals surface area contributed by atoms with Crippen molar-refractivity contribution in [1.82, 2.24) is 15.1 Å². The van der Waals surface area contributed by atoms with Crippen molar-refractivity contribution >= 4 is 28.9 Å². The summed E-state index contributed by atoms with van der Waals surface area (Å²) in [6.45, 7) is 4.04. The number of anilines is 1. The van der Waals surface area contributed by atoms with Gasteiger partial charge >= 0.3 is 0 Å². The minimum atomic E-state index is -0.582. The summed E-state index contributed by atoms with van der Waals surface area (Å²) >= 11 is 5.20. The number of rotatable bonds is 5. The number of thiocarbonyl (C=S) groups is 1. The number of amides is 1. The van der Waals surface area contributed by atoms with Crippen LogP contribution >= 0.6 is 12.2 Å². The molecule has 110 valence electrons. The van der Waals surface area contributed by atoms with Gasteiger partial charge in [-0.1, -0.05) is 0 Å². The molecule has 0 aliphatic carbocycles. The van der Waals surface area contributed by atoms with Crippen LogP contribution in [0, 0.1) is 0 Å². The molecular weight excluding hydrogens is 278 g/mol.